The minimum Gasteiger partial charge on any atom is -0.326 e. The van der Waals surface area contributed by atoms with Gasteiger partial charge in [0.1, 0.15) is 0 Å². The van der Waals surface area contributed by atoms with Gasteiger partial charge in [0.05, 0.1) is 0 Å². The molecule has 2 rings (SSSR count). The van der Waals surface area contributed by atoms with Crippen molar-refractivity contribution in [1.29, 1.82) is 0 Å². The van der Waals surface area contributed by atoms with Gasteiger partial charge in [0.25, 0.3) is 5.91 Å². The van der Waals surface area contributed by atoms with E-state index in [2.05, 4.69) is 15.5 Å². The van der Waals surface area contributed by atoms with Crippen molar-refractivity contribution in [1.82, 2.24) is 4.90 Å². The zero-order valence-electron chi connectivity index (χ0n) is 16.8. The van der Waals surface area contributed by atoms with Gasteiger partial charge in [0.2, 0.25) is 5.91 Å². The van der Waals surface area contributed by atoms with E-state index in [1.807, 2.05) is 77.3 Å². The van der Waals surface area contributed by atoms with Gasteiger partial charge in [0.15, 0.2) is 0 Å². The fourth-order valence-corrected chi connectivity index (χ4v) is 2.67. The zero-order chi connectivity index (χ0) is 20.0. The first-order valence-electron chi connectivity index (χ1n) is 9.27. The van der Waals surface area contributed by atoms with Gasteiger partial charge >= 0.3 is 0 Å². The first-order valence-corrected chi connectivity index (χ1v) is 9.27. The standard InChI is InChI=1S/C22H29N3O2/c1-6-15(2)21(26)23-19-8-7-9-20(16(19)3)24-22(27)18-12-10-17(11-13-18)14-25(4)5/h7-13,15H,6,14H2,1-5H3,(H,23,26)(H,24,27). The van der Waals surface area contributed by atoms with Crippen LogP contribution in [-0.2, 0) is 11.3 Å². The van der Waals surface area contributed by atoms with Crippen LogP contribution in [0.2, 0.25) is 0 Å². The van der Waals surface area contributed by atoms with Gasteiger partial charge in [-0.1, -0.05) is 32.0 Å². The third-order valence-corrected chi connectivity index (χ3v) is 4.61. The molecule has 2 amide bonds. The molecule has 2 aromatic rings. The van der Waals surface area contributed by atoms with E-state index in [0.717, 1.165) is 29.8 Å². The fraction of sp³-hybridized carbons (Fsp3) is 0.364. The van der Waals surface area contributed by atoms with Gasteiger partial charge in [-0.2, -0.15) is 0 Å². The molecule has 0 aliphatic carbocycles. The topological polar surface area (TPSA) is 61.4 Å². The highest BCUT2D eigenvalue weighted by molar-refractivity contribution is 6.05. The number of nitrogens with zero attached hydrogens (tertiary/aromatic N) is 1. The van der Waals surface area contributed by atoms with Crippen LogP contribution in [0.1, 0.15) is 41.8 Å². The highest BCUT2D eigenvalue weighted by Crippen LogP contribution is 2.24. The number of hydrogen-bond acceptors (Lipinski definition) is 3. The van der Waals surface area contributed by atoms with Crippen LogP contribution in [0.25, 0.3) is 0 Å². The Morgan fingerprint density at radius 3 is 2.15 bits per heavy atom. The third-order valence-electron chi connectivity index (χ3n) is 4.61. The first-order chi connectivity index (χ1) is 12.8. The molecule has 5 nitrogen and oxygen atoms in total. The number of carbonyl (C=O) groups is 2. The van der Waals surface area contributed by atoms with Crippen molar-refractivity contribution in [2.45, 2.75) is 33.7 Å². The average Bonchev–Trinajstić information content (AvgIpc) is 2.64. The Morgan fingerprint density at radius 1 is 1.00 bits per heavy atom. The van der Waals surface area contributed by atoms with Crippen molar-refractivity contribution in [2.24, 2.45) is 5.92 Å². The molecule has 0 spiro atoms. The van der Waals surface area contributed by atoms with Crippen LogP contribution in [0.5, 0.6) is 0 Å². The van der Waals surface area contributed by atoms with Gasteiger partial charge in [-0.25, -0.2) is 0 Å². The van der Waals surface area contributed by atoms with E-state index in [-0.39, 0.29) is 17.7 Å². The van der Waals surface area contributed by atoms with Gasteiger partial charge in [0, 0.05) is 29.4 Å². The summed E-state index contributed by atoms with van der Waals surface area (Å²) in [5, 5.41) is 5.89. The lowest BCUT2D eigenvalue weighted by Gasteiger charge is -2.15. The Kier molecular flexibility index (Phi) is 7.13. The molecule has 0 aliphatic rings. The Morgan fingerprint density at radius 2 is 1.59 bits per heavy atom. The molecular weight excluding hydrogens is 338 g/mol. The minimum absolute atomic E-state index is 0.0134. The van der Waals surface area contributed by atoms with Crippen molar-refractivity contribution in [3.05, 3.63) is 59.2 Å². The molecule has 0 heterocycles. The van der Waals surface area contributed by atoms with Gasteiger partial charge in [-0.05, 0) is 62.8 Å². The summed E-state index contributed by atoms with van der Waals surface area (Å²) in [4.78, 5) is 26.8. The number of nitrogens with one attached hydrogen (secondary N) is 2. The van der Waals surface area contributed by atoms with Crippen molar-refractivity contribution < 1.29 is 9.59 Å². The second-order valence-electron chi connectivity index (χ2n) is 7.17. The summed E-state index contributed by atoms with van der Waals surface area (Å²) in [6.45, 7) is 6.61. The zero-order valence-corrected chi connectivity index (χ0v) is 16.8. The Bertz CT molecular complexity index is 798. The quantitative estimate of drug-likeness (QED) is 0.767. The van der Waals surface area contributed by atoms with E-state index >= 15 is 0 Å². The van der Waals surface area contributed by atoms with Crippen LogP contribution in [0, 0.1) is 12.8 Å². The van der Waals surface area contributed by atoms with Crippen LogP contribution in [0.15, 0.2) is 42.5 Å². The summed E-state index contributed by atoms with van der Waals surface area (Å²) in [6.07, 6.45) is 0.783. The lowest BCUT2D eigenvalue weighted by atomic mass is 10.1. The number of rotatable bonds is 7. The van der Waals surface area contributed by atoms with Crippen molar-refractivity contribution in [3.63, 3.8) is 0 Å². The average molecular weight is 367 g/mol. The number of anilines is 2. The summed E-state index contributed by atoms with van der Waals surface area (Å²) in [5.41, 5.74) is 4.01. The smallest absolute Gasteiger partial charge is 0.255 e. The molecule has 0 aliphatic heterocycles. The second-order valence-corrected chi connectivity index (χ2v) is 7.17. The van der Waals surface area contributed by atoms with Crippen molar-refractivity contribution in [2.75, 3.05) is 24.7 Å². The molecule has 27 heavy (non-hydrogen) atoms. The molecule has 0 fully saturated rings. The Labute approximate surface area is 161 Å². The maximum absolute atomic E-state index is 12.6. The molecular formula is C22H29N3O2. The Balaban J connectivity index is 2.11. The highest BCUT2D eigenvalue weighted by Gasteiger charge is 2.14. The van der Waals surface area contributed by atoms with E-state index in [1.54, 1.807) is 0 Å². The second kappa shape index (κ2) is 9.33. The lowest BCUT2D eigenvalue weighted by molar-refractivity contribution is -0.119. The predicted octanol–water partition coefficient (Wildman–Crippen LogP) is 4.29. The van der Waals surface area contributed by atoms with E-state index in [4.69, 9.17) is 0 Å². The van der Waals surface area contributed by atoms with Crippen LogP contribution < -0.4 is 10.6 Å². The van der Waals surface area contributed by atoms with E-state index in [0.29, 0.717) is 11.3 Å². The summed E-state index contributed by atoms with van der Waals surface area (Å²) in [5.74, 6) is -0.233. The Hall–Kier alpha value is -2.66. The number of amides is 2. The first kappa shape index (κ1) is 20.6. The van der Waals surface area contributed by atoms with Gasteiger partial charge < -0.3 is 15.5 Å². The number of hydrogen-bond donors (Lipinski definition) is 2. The van der Waals surface area contributed by atoms with Crippen molar-refractivity contribution in [3.8, 4) is 0 Å². The van der Waals surface area contributed by atoms with E-state index in [1.165, 1.54) is 0 Å². The summed E-state index contributed by atoms with van der Waals surface area (Å²) in [6, 6.07) is 13.1. The van der Waals surface area contributed by atoms with E-state index < -0.39 is 0 Å². The fourth-order valence-electron chi connectivity index (χ4n) is 2.67. The molecule has 0 aromatic heterocycles. The van der Waals surface area contributed by atoms with Gasteiger partial charge in [-0.15, -0.1) is 0 Å². The number of benzene rings is 2. The largest absolute Gasteiger partial charge is 0.326 e. The number of carbonyl (C=O) groups excluding carboxylic acids is 2. The summed E-state index contributed by atoms with van der Waals surface area (Å²) in [7, 11) is 4.02. The molecule has 0 saturated carbocycles. The summed E-state index contributed by atoms with van der Waals surface area (Å²) < 4.78 is 0. The van der Waals surface area contributed by atoms with Crippen LogP contribution in [0.4, 0.5) is 11.4 Å². The molecule has 0 bridgehead atoms. The lowest BCUT2D eigenvalue weighted by Crippen LogP contribution is -2.20. The SMILES string of the molecule is CCC(C)C(=O)Nc1cccc(NC(=O)c2ccc(CN(C)C)cc2)c1C. The van der Waals surface area contributed by atoms with Crippen molar-refractivity contribution >= 4 is 23.2 Å². The molecule has 1 unspecified atom stereocenters. The molecule has 1 atom stereocenters. The summed E-state index contributed by atoms with van der Waals surface area (Å²) >= 11 is 0. The van der Waals surface area contributed by atoms with Crippen LogP contribution >= 0.6 is 0 Å². The predicted molar refractivity (Wildman–Crippen MR) is 111 cm³/mol. The molecule has 5 heteroatoms. The highest BCUT2D eigenvalue weighted by atomic mass is 16.2. The molecule has 0 saturated heterocycles. The van der Waals surface area contributed by atoms with Crippen LogP contribution in [0.3, 0.4) is 0 Å². The monoisotopic (exact) mass is 367 g/mol. The van der Waals surface area contributed by atoms with E-state index in [9.17, 15) is 9.59 Å². The molecule has 2 aromatic carbocycles. The minimum atomic E-state index is -0.167. The maximum atomic E-state index is 12.6. The normalized spacial score (nSPS) is 11.9. The maximum Gasteiger partial charge on any atom is 0.255 e. The molecule has 2 N–H and O–H groups in total. The third kappa shape index (κ3) is 5.66. The molecule has 144 valence electrons. The molecule has 0 radical (unpaired) electrons. The van der Waals surface area contributed by atoms with Crippen LogP contribution in [-0.4, -0.2) is 30.8 Å². The van der Waals surface area contributed by atoms with Gasteiger partial charge in [-0.3, -0.25) is 9.59 Å².